The van der Waals surface area contributed by atoms with Crippen LogP contribution in [-0.2, 0) is 20.9 Å². The van der Waals surface area contributed by atoms with Gasteiger partial charge < -0.3 is 25.4 Å². The topological polar surface area (TPSA) is 108 Å². The number of hydrogen-bond donors (Lipinski definition) is 3. The van der Waals surface area contributed by atoms with Gasteiger partial charge in [0.25, 0.3) is 0 Å². The Morgan fingerprint density at radius 1 is 1.10 bits per heavy atom. The zero-order valence-corrected chi connectivity index (χ0v) is 23.5. The summed E-state index contributed by atoms with van der Waals surface area (Å²) in [6.07, 6.45) is 1.91. The van der Waals surface area contributed by atoms with Crippen molar-refractivity contribution in [2.75, 3.05) is 18.5 Å². The Morgan fingerprint density at radius 2 is 1.82 bits per heavy atom. The van der Waals surface area contributed by atoms with E-state index >= 15 is 0 Å². The van der Waals surface area contributed by atoms with Crippen molar-refractivity contribution >= 4 is 35.2 Å². The highest BCUT2D eigenvalue weighted by Gasteiger charge is 2.77. The number of amides is 3. The summed E-state index contributed by atoms with van der Waals surface area (Å²) in [6, 6.07) is 15.6. The second kappa shape index (κ2) is 10.8. The number of aliphatic hydroxyl groups excluding tert-OH is 1. The van der Waals surface area contributed by atoms with E-state index in [2.05, 4.69) is 10.6 Å². The zero-order valence-electron chi connectivity index (χ0n) is 22.7. The van der Waals surface area contributed by atoms with Gasteiger partial charge in [-0.05, 0) is 62.9 Å². The fourth-order valence-corrected chi connectivity index (χ4v) is 9.12. The van der Waals surface area contributed by atoms with Crippen molar-refractivity contribution in [3.8, 4) is 5.75 Å². The van der Waals surface area contributed by atoms with E-state index in [1.165, 1.54) is 0 Å². The Kier molecular flexibility index (Phi) is 7.66. The molecule has 2 aromatic rings. The number of nitrogens with one attached hydrogen (secondary N) is 2. The number of nitrogens with zero attached hydrogens (tertiary/aromatic N) is 1. The molecule has 6 atom stereocenters. The van der Waals surface area contributed by atoms with E-state index in [9.17, 15) is 19.5 Å². The van der Waals surface area contributed by atoms with Gasteiger partial charge in [-0.15, -0.1) is 11.8 Å². The first-order chi connectivity index (χ1) is 18.8. The van der Waals surface area contributed by atoms with Gasteiger partial charge in [0.2, 0.25) is 17.7 Å². The monoisotopic (exact) mass is 551 g/mol. The zero-order chi connectivity index (χ0) is 27.8. The van der Waals surface area contributed by atoms with Crippen LogP contribution >= 0.6 is 11.8 Å². The van der Waals surface area contributed by atoms with Crippen molar-refractivity contribution < 1.29 is 24.2 Å². The number of benzene rings is 2. The predicted octanol–water partition coefficient (Wildman–Crippen LogP) is 3.59. The van der Waals surface area contributed by atoms with E-state index in [1.54, 1.807) is 40.9 Å². The van der Waals surface area contributed by atoms with Crippen molar-refractivity contribution in [2.45, 2.75) is 68.2 Å². The van der Waals surface area contributed by atoms with Gasteiger partial charge in [-0.1, -0.05) is 37.3 Å². The summed E-state index contributed by atoms with van der Waals surface area (Å²) in [7, 11) is 0. The van der Waals surface area contributed by atoms with Gasteiger partial charge in [0.15, 0.2) is 0 Å². The summed E-state index contributed by atoms with van der Waals surface area (Å²) in [5, 5.41) is 16.3. The van der Waals surface area contributed by atoms with Crippen LogP contribution in [0.1, 0.15) is 45.6 Å². The van der Waals surface area contributed by atoms with E-state index in [1.807, 2.05) is 51.1 Å². The van der Waals surface area contributed by atoms with Crippen LogP contribution in [0.5, 0.6) is 5.75 Å². The number of anilines is 1. The highest BCUT2D eigenvalue weighted by atomic mass is 32.2. The number of thioether (sulfide) groups is 1. The maximum absolute atomic E-state index is 14.2. The molecule has 3 N–H and O–H groups in total. The fourth-order valence-electron chi connectivity index (χ4n) is 6.77. The molecule has 208 valence electrons. The number of ether oxygens (including phenoxy) is 1. The normalized spacial score (nSPS) is 29.7. The summed E-state index contributed by atoms with van der Waals surface area (Å²) in [5.74, 6) is -1.17. The third kappa shape index (κ3) is 4.69. The number of hydrogen-bond acceptors (Lipinski definition) is 6. The minimum atomic E-state index is -0.758. The summed E-state index contributed by atoms with van der Waals surface area (Å²) in [6.45, 7) is 6.53. The van der Waals surface area contributed by atoms with E-state index < -0.39 is 33.4 Å². The molecular formula is C30H37N3O5S. The van der Waals surface area contributed by atoms with Crippen LogP contribution in [0.3, 0.4) is 0 Å². The molecule has 8 nitrogen and oxygen atoms in total. The maximum Gasteiger partial charge on any atom is 0.244 e. The number of fused-ring (bicyclic) bond motifs is 1. The molecule has 3 aliphatic heterocycles. The van der Waals surface area contributed by atoms with Crippen LogP contribution in [0.2, 0.25) is 0 Å². The molecule has 0 aliphatic carbocycles. The molecule has 1 spiro atoms. The Hall–Kier alpha value is -3.04. The molecule has 0 aromatic heterocycles. The lowest BCUT2D eigenvalue weighted by Crippen LogP contribution is -2.56. The summed E-state index contributed by atoms with van der Waals surface area (Å²) in [5.41, 5.74) is 1.60. The molecule has 0 saturated carbocycles. The van der Waals surface area contributed by atoms with Crippen LogP contribution in [0.15, 0.2) is 54.6 Å². The van der Waals surface area contributed by atoms with Crippen molar-refractivity contribution in [3.63, 3.8) is 0 Å². The van der Waals surface area contributed by atoms with Gasteiger partial charge in [0, 0.05) is 17.0 Å². The smallest absolute Gasteiger partial charge is 0.244 e. The molecule has 5 rings (SSSR count). The molecular weight excluding hydrogens is 514 g/mol. The highest BCUT2D eigenvalue weighted by molar-refractivity contribution is 8.02. The Labute approximate surface area is 233 Å². The summed E-state index contributed by atoms with van der Waals surface area (Å²) in [4.78, 5) is 43.5. The first-order valence-corrected chi connectivity index (χ1v) is 14.6. The Morgan fingerprint density at radius 3 is 2.46 bits per heavy atom. The SMILES string of the molecule is CCOc1ccc(NC(=O)[C@H]2[C@H]3C(=O)N([C@@H](CC)CO)C(C(=O)NCc4ccccc4)C34CC[C@]2(C)S4)cc1. The van der Waals surface area contributed by atoms with E-state index in [-0.39, 0.29) is 24.3 Å². The predicted molar refractivity (Wildman–Crippen MR) is 151 cm³/mol. The average molecular weight is 552 g/mol. The first-order valence-electron chi connectivity index (χ1n) is 13.8. The molecule has 39 heavy (non-hydrogen) atoms. The lowest BCUT2D eigenvalue weighted by Gasteiger charge is -2.36. The minimum Gasteiger partial charge on any atom is -0.494 e. The van der Waals surface area contributed by atoms with Crippen molar-refractivity contribution in [2.24, 2.45) is 11.8 Å². The third-order valence-electron chi connectivity index (χ3n) is 8.56. The molecule has 2 aromatic carbocycles. The summed E-state index contributed by atoms with van der Waals surface area (Å²) < 4.78 is 4.31. The number of carbonyl (C=O) groups is 3. The quantitative estimate of drug-likeness (QED) is 0.417. The van der Waals surface area contributed by atoms with Crippen LogP contribution in [0, 0.1) is 11.8 Å². The lowest BCUT2D eigenvalue weighted by molar-refractivity contribution is -0.142. The van der Waals surface area contributed by atoms with Crippen molar-refractivity contribution in [1.82, 2.24) is 10.2 Å². The van der Waals surface area contributed by atoms with Crippen LogP contribution in [0.25, 0.3) is 0 Å². The van der Waals surface area contributed by atoms with Crippen LogP contribution < -0.4 is 15.4 Å². The van der Waals surface area contributed by atoms with Gasteiger partial charge in [-0.25, -0.2) is 0 Å². The van der Waals surface area contributed by atoms with Gasteiger partial charge in [0.05, 0.1) is 35.8 Å². The van der Waals surface area contributed by atoms with Gasteiger partial charge in [-0.3, -0.25) is 14.4 Å². The third-order valence-corrected chi connectivity index (χ3v) is 10.5. The van der Waals surface area contributed by atoms with Crippen LogP contribution in [-0.4, -0.2) is 62.5 Å². The second-order valence-corrected chi connectivity index (χ2v) is 12.8. The number of carbonyl (C=O) groups excluding carboxylic acids is 3. The average Bonchev–Trinajstić information content (AvgIpc) is 3.51. The fraction of sp³-hybridized carbons (Fsp3) is 0.500. The Balaban J connectivity index is 1.45. The van der Waals surface area contributed by atoms with E-state index in [4.69, 9.17) is 4.74 Å². The lowest BCUT2D eigenvalue weighted by atomic mass is 9.66. The molecule has 0 radical (unpaired) electrons. The maximum atomic E-state index is 14.2. The van der Waals surface area contributed by atoms with Crippen molar-refractivity contribution in [3.05, 3.63) is 60.2 Å². The van der Waals surface area contributed by atoms with E-state index in [0.717, 1.165) is 17.7 Å². The molecule has 3 aliphatic rings. The molecule has 9 heteroatoms. The number of likely N-dealkylation sites (tertiary alicyclic amines) is 1. The van der Waals surface area contributed by atoms with Gasteiger partial charge in [0.1, 0.15) is 11.8 Å². The molecule has 2 bridgehead atoms. The van der Waals surface area contributed by atoms with Crippen molar-refractivity contribution in [1.29, 1.82) is 0 Å². The first kappa shape index (κ1) is 27.5. The summed E-state index contributed by atoms with van der Waals surface area (Å²) >= 11 is 1.63. The molecule has 3 saturated heterocycles. The Bertz CT molecular complexity index is 1220. The number of rotatable bonds is 10. The van der Waals surface area contributed by atoms with E-state index in [0.29, 0.717) is 31.7 Å². The minimum absolute atomic E-state index is 0.210. The standard InChI is InChI=1S/C30H37N3O5S/c1-4-21(18-34)33-25(27(36)31-17-19-9-7-6-8-10-19)30-16-15-29(3,39-30)23(24(30)28(33)37)26(35)32-20-11-13-22(14-12-20)38-5-2/h6-14,21,23-25,34H,4-5,15-18H2,1-3H3,(H,31,36)(H,32,35)/t21-,23+,24-,25?,29-,30?/m0/s1. The van der Waals surface area contributed by atoms with Crippen LogP contribution in [0.4, 0.5) is 5.69 Å². The van der Waals surface area contributed by atoms with Gasteiger partial charge in [-0.2, -0.15) is 0 Å². The molecule has 3 amide bonds. The highest BCUT2D eigenvalue weighted by Crippen LogP contribution is 2.71. The second-order valence-electron chi connectivity index (χ2n) is 10.9. The number of aliphatic hydroxyl groups is 1. The van der Waals surface area contributed by atoms with Gasteiger partial charge >= 0.3 is 0 Å². The molecule has 2 unspecified atom stereocenters. The largest absolute Gasteiger partial charge is 0.494 e. The molecule has 3 fully saturated rings. The molecule has 3 heterocycles.